The van der Waals surface area contributed by atoms with Crippen LogP contribution in [0.25, 0.3) is 0 Å². The molecule has 0 unspecified atom stereocenters. The summed E-state index contributed by atoms with van der Waals surface area (Å²) < 4.78 is 5.72. The number of amides is 1. The number of hydrogen-bond donors (Lipinski definition) is 2. The number of carbonyl (C=O) groups is 2. The van der Waals surface area contributed by atoms with Gasteiger partial charge in [-0.2, -0.15) is 0 Å². The van der Waals surface area contributed by atoms with E-state index in [4.69, 9.17) is 4.74 Å². The molecule has 4 aliphatic rings. The van der Waals surface area contributed by atoms with Crippen LogP contribution < -0.4 is 10.1 Å². The van der Waals surface area contributed by atoms with Gasteiger partial charge in [-0.05, 0) is 116 Å². The number of aromatic carboxylic acids is 1. The van der Waals surface area contributed by atoms with E-state index < -0.39 is 5.97 Å². The summed E-state index contributed by atoms with van der Waals surface area (Å²) >= 11 is 0. The second-order valence-corrected chi connectivity index (χ2v) is 10.7. The average Bonchev–Trinajstić information content (AvgIpc) is 2.84. The zero-order chi connectivity index (χ0) is 24.0. The molecule has 35 heavy (non-hydrogen) atoms. The van der Waals surface area contributed by atoms with Gasteiger partial charge in [0.15, 0.2) is 0 Å². The Morgan fingerprint density at radius 1 is 0.800 bits per heavy atom. The smallest absolute Gasteiger partial charge is 0.339 e. The Morgan fingerprint density at radius 2 is 1.40 bits per heavy atom. The summed E-state index contributed by atoms with van der Waals surface area (Å²) in [6.07, 6.45) is 8.29. The molecule has 4 aliphatic carbocycles. The summed E-state index contributed by atoms with van der Waals surface area (Å²) in [6.45, 7) is 0. The summed E-state index contributed by atoms with van der Waals surface area (Å²) in [5.41, 5.74) is 3.18. The highest BCUT2D eigenvalue weighted by atomic mass is 16.5. The highest BCUT2D eigenvalue weighted by Crippen LogP contribution is 2.60. The Kier molecular flexibility index (Phi) is 5.36. The third-order valence-electron chi connectivity index (χ3n) is 8.26. The van der Waals surface area contributed by atoms with E-state index in [9.17, 15) is 14.7 Å². The number of nitrogens with one attached hydrogen (secondary N) is 1. The maximum absolute atomic E-state index is 12.8. The van der Waals surface area contributed by atoms with E-state index in [2.05, 4.69) is 17.4 Å². The molecule has 1 amide bonds. The third kappa shape index (κ3) is 4.20. The van der Waals surface area contributed by atoms with E-state index in [-0.39, 0.29) is 17.2 Å². The van der Waals surface area contributed by atoms with Crippen LogP contribution in [0.4, 0.5) is 5.69 Å². The van der Waals surface area contributed by atoms with Crippen molar-refractivity contribution >= 4 is 17.6 Å². The number of carbonyl (C=O) groups excluding carboxylic acids is 1. The van der Waals surface area contributed by atoms with E-state index in [1.165, 1.54) is 50.2 Å². The molecule has 5 nitrogen and oxygen atoms in total. The van der Waals surface area contributed by atoms with Crippen molar-refractivity contribution in [1.82, 2.24) is 0 Å². The second kappa shape index (κ2) is 8.56. The van der Waals surface area contributed by atoms with Crippen LogP contribution >= 0.6 is 0 Å². The fourth-order valence-corrected chi connectivity index (χ4v) is 7.11. The normalized spacial score (nSPS) is 26.3. The zero-order valence-electron chi connectivity index (χ0n) is 19.6. The predicted octanol–water partition coefficient (Wildman–Crippen LogP) is 6.90. The summed E-state index contributed by atoms with van der Waals surface area (Å²) in [7, 11) is 0. The molecule has 7 rings (SSSR count). The van der Waals surface area contributed by atoms with E-state index >= 15 is 0 Å². The SMILES string of the molecule is O=C(Nc1ccc(C23CC4CC(CC(C4)C2)C3)cc1)c1ccc(Oc2ccccc2C(=O)O)cc1. The van der Waals surface area contributed by atoms with Gasteiger partial charge in [-0.3, -0.25) is 4.79 Å². The van der Waals surface area contributed by atoms with Crippen LogP contribution in [0.1, 0.15) is 64.8 Å². The van der Waals surface area contributed by atoms with Crippen LogP contribution in [0.2, 0.25) is 0 Å². The quantitative estimate of drug-likeness (QED) is 0.414. The monoisotopic (exact) mass is 467 g/mol. The molecule has 178 valence electrons. The van der Waals surface area contributed by atoms with E-state index in [0.717, 1.165) is 23.4 Å². The van der Waals surface area contributed by atoms with E-state index in [1.54, 1.807) is 42.5 Å². The first-order chi connectivity index (χ1) is 17.0. The molecular weight excluding hydrogens is 438 g/mol. The van der Waals surface area contributed by atoms with Crippen molar-refractivity contribution in [2.75, 3.05) is 5.32 Å². The summed E-state index contributed by atoms with van der Waals surface area (Å²) in [5.74, 6) is 2.21. The van der Waals surface area contributed by atoms with Gasteiger partial charge in [0.2, 0.25) is 0 Å². The number of benzene rings is 3. The first-order valence-electron chi connectivity index (χ1n) is 12.5. The Labute approximate surface area is 205 Å². The first kappa shape index (κ1) is 21.9. The first-order valence-corrected chi connectivity index (χ1v) is 12.5. The Balaban J connectivity index is 1.12. The van der Waals surface area contributed by atoms with Crippen LogP contribution in [0.3, 0.4) is 0 Å². The molecule has 0 radical (unpaired) electrons. The van der Waals surface area contributed by atoms with Crippen molar-refractivity contribution in [3.05, 3.63) is 89.5 Å². The number of para-hydroxylation sites is 1. The molecule has 3 aromatic rings. The molecule has 3 aromatic carbocycles. The summed E-state index contributed by atoms with van der Waals surface area (Å²) in [4.78, 5) is 24.2. The highest BCUT2D eigenvalue weighted by Gasteiger charge is 2.51. The molecule has 5 heteroatoms. The molecule has 2 N–H and O–H groups in total. The molecule has 0 heterocycles. The lowest BCUT2D eigenvalue weighted by Crippen LogP contribution is -2.48. The van der Waals surface area contributed by atoms with Crippen molar-refractivity contribution in [3.63, 3.8) is 0 Å². The van der Waals surface area contributed by atoms with Gasteiger partial charge in [0, 0.05) is 11.3 Å². The van der Waals surface area contributed by atoms with Crippen LogP contribution in [-0.4, -0.2) is 17.0 Å². The highest BCUT2D eigenvalue weighted by molar-refractivity contribution is 6.04. The zero-order valence-corrected chi connectivity index (χ0v) is 19.6. The van der Waals surface area contributed by atoms with Crippen LogP contribution in [0, 0.1) is 17.8 Å². The number of anilines is 1. The fraction of sp³-hybridized carbons (Fsp3) is 0.333. The molecule has 0 spiro atoms. The van der Waals surface area contributed by atoms with Gasteiger partial charge in [0.1, 0.15) is 17.1 Å². The van der Waals surface area contributed by atoms with Gasteiger partial charge < -0.3 is 15.2 Å². The molecule has 4 bridgehead atoms. The van der Waals surface area contributed by atoms with Crippen LogP contribution in [-0.2, 0) is 5.41 Å². The maximum Gasteiger partial charge on any atom is 0.339 e. The minimum atomic E-state index is -1.05. The van der Waals surface area contributed by atoms with Crippen molar-refractivity contribution in [1.29, 1.82) is 0 Å². The fourth-order valence-electron chi connectivity index (χ4n) is 7.11. The average molecular weight is 468 g/mol. The Bertz CT molecular complexity index is 1230. The largest absolute Gasteiger partial charge is 0.478 e. The topological polar surface area (TPSA) is 75.6 Å². The summed E-state index contributed by atoms with van der Waals surface area (Å²) in [6, 6.07) is 21.7. The lowest BCUT2D eigenvalue weighted by Gasteiger charge is -2.57. The Hall–Kier alpha value is -3.60. The van der Waals surface area contributed by atoms with E-state index in [0.29, 0.717) is 16.7 Å². The van der Waals surface area contributed by atoms with Crippen molar-refractivity contribution < 1.29 is 19.4 Å². The van der Waals surface area contributed by atoms with Crippen molar-refractivity contribution in [2.45, 2.75) is 43.9 Å². The van der Waals surface area contributed by atoms with Crippen LogP contribution in [0.15, 0.2) is 72.8 Å². The minimum absolute atomic E-state index is 0.0892. The predicted molar refractivity (Wildman–Crippen MR) is 134 cm³/mol. The number of carboxylic acids is 1. The van der Waals surface area contributed by atoms with Gasteiger partial charge in [0.25, 0.3) is 5.91 Å². The Morgan fingerprint density at radius 3 is 2.00 bits per heavy atom. The van der Waals surface area contributed by atoms with Gasteiger partial charge in [-0.25, -0.2) is 4.79 Å². The molecular formula is C30H29NO4. The molecule has 0 atom stereocenters. The number of carboxylic acid groups (broad SMARTS) is 1. The molecule has 4 fully saturated rings. The third-order valence-corrected chi connectivity index (χ3v) is 8.26. The lowest BCUT2D eigenvalue weighted by molar-refractivity contribution is -0.00518. The van der Waals surface area contributed by atoms with Crippen molar-refractivity contribution in [2.24, 2.45) is 17.8 Å². The second-order valence-electron chi connectivity index (χ2n) is 10.7. The van der Waals surface area contributed by atoms with Gasteiger partial charge in [0.05, 0.1) is 0 Å². The number of hydrogen-bond acceptors (Lipinski definition) is 3. The molecule has 0 saturated heterocycles. The van der Waals surface area contributed by atoms with Gasteiger partial charge >= 0.3 is 5.97 Å². The standard InChI is InChI=1S/C30H29NO4/c32-28(22-5-11-25(12-6-22)35-27-4-2-1-3-26(27)29(33)34)31-24-9-7-23(8-10-24)30-16-19-13-20(17-30)15-21(14-19)18-30/h1-12,19-21H,13-18H2,(H,31,32)(H,33,34). The lowest BCUT2D eigenvalue weighted by atomic mass is 9.48. The van der Waals surface area contributed by atoms with Crippen molar-refractivity contribution in [3.8, 4) is 11.5 Å². The number of rotatable bonds is 6. The molecule has 0 aliphatic heterocycles. The van der Waals surface area contributed by atoms with Gasteiger partial charge in [-0.1, -0.05) is 24.3 Å². The summed E-state index contributed by atoms with van der Waals surface area (Å²) in [5, 5.41) is 12.3. The number of ether oxygens (including phenoxy) is 1. The maximum atomic E-state index is 12.8. The van der Waals surface area contributed by atoms with Crippen LogP contribution in [0.5, 0.6) is 11.5 Å². The molecule has 0 aromatic heterocycles. The minimum Gasteiger partial charge on any atom is -0.478 e. The molecule has 4 saturated carbocycles. The van der Waals surface area contributed by atoms with Gasteiger partial charge in [-0.15, -0.1) is 0 Å². The van der Waals surface area contributed by atoms with E-state index in [1.807, 2.05) is 12.1 Å².